The third kappa shape index (κ3) is 3.81. The van der Waals surface area contributed by atoms with Crippen molar-refractivity contribution in [2.45, 2.75) is 20.0 Å². The van der Waals surface area contributed by atoms with Gasteiger partial charge in [-0.2, -0.15) is 14.0 Å². The van der Waals surface area contributed by atoms with Crippen LogP contribution in [0.2, 0.25) is 0 Å². The molecule has 0 saturated carbocycles. The van der Waals surface area contributed by atoms with Gasteiger partial charge in [0.15, 0.2) is 0 Å². The first-order valence-electron chi connectivity index (χ1n) is 5.35. The number of aromatic hydroxyl groups is 1. The van der Waals surface area contributed by atoms with Crippen LogP contribution in [0.1, 0.15) is 18.1 Å². The number of nitriles is 1. The molecule has 102 valence electrons. The zero-order valence-electron chi connectivity index (χ0n) is 10.0. The summed E-state index contributed by atoms with van der Waals surface area (Å²) < 4.78 is 33.0. The third-order valence-corrected chi connectivity index (χ3v) is 2.19. The lowest BCUT2D eigenvalue weighted by atomic mass is 10.1. The lowest BCUT2D eigenvalue weighted by Gasteiger charge is -2.10. The summed E-state index contributed by atoms with van der Waals surface area (Å²) in [5.74, 6) is -1.60. The van der Waals surface area contributed by atoms with Gasteiger partial charge in [0.1, 0.15) is 23.1 Å². The highest BCUT2D eigenvalue weighted by atomic mass is 19.3. The maximum absolute atomic E-state index is 12.1. The van der Waals surface area contributed by atoms with Crippen molar-refractivity contribution in [3.05, 3.63) is 23.3 Å². The number of nitrogens with zero attached hydrogens (tertiary/aromatic N) is 1. The zero-order valence-corrected chi connectivity index (χ0v) is 10.0. The van der Waals surface area contributed by atoms with Crippen LogP contribution in [0.3, 0.4) is 0 Å². The lowest BCUT2D eigenvalue weighted by Crippen LogP contribution is -2.09. The maximum Gasteiger partial charge on any atom is 0.387 e. The molecule has 0 atom stereocenters. The molecule has 1 N–H and O–H groups in total. The number of hydrogen-bond acceptors (Lipinski definition) is 5. The summed E-state index contributed by atoms with van der Waals surface area (Å²) >= 11 is 0. The number of rotatable bonds is 5. The van der Waals surface area contributed by atoms with E-state index in [0.717, 1.165) is 6.07 Å². The number of phenolic OH excluding ortho intramolecular Hbond substituents is 1. The van der Waals surface area contributed by atoms with E-state index in [1.165, 1.54) is 6.07 Å². The van der Waals surface area contributed by atoms with Crippen LogP contribution in [0, 0.1) is 11.3 Å². The van der Waals surface area contributed by atoms with Gasteiger partial charge in [0.05, 0.1) is 13.0 Å². The molecule has 0 aliphatic heterocycles. The second-order valence-corrected chi connectivity index (χ2v) is 3.42. The molecule has 0 aliphatic rings. The van der Waals surface area contributed by atoms with Gasteiger partial charge in [-0.15, -0.1) is 0 Å². The Balaban J connectivity index is 3.04. The fourth-order valence-electron chi connectivity index (χ4n) is 1.43. The van der Waals surface area contributed by atoms with Gasteiger partial charge in [-0.3, -0.25) is 4.79 Å². The van der Waals surface area contributed by atoms with Gasteiger partial charge >= 0.3 is 12.6 Å². The van der Waals surface area contributed by atoms with Crippen LogP contribution >= 0.6 is 0 Å². The predicted octanol–water partition coefficient (Wildman–Crippen LogP) is 1.97. The smallest absolute Gasteiger partial charge is 0.387 e. The predicted molar refractivity (Wildman–Crippen MR) is 59.8 cm³/mol. The van der Waals surface area contributed by atoms with Crippen LogP contribution in [0.5, 0.6) is 11.5 Å². The molecule has 5 nitrogen and oxygen atoms in total. The first-order chi connectivity index (χ1) is 8.99. The van der Waals surface area contributed by atoms with Crippen LogP contribution in [0.15, 0.2) is 12.1 Å². The topological polar surface area (TPSA) is 79.5 Å². The minimum absolute atomic E-state index is 0.108. The average molecular weight is 271 g/mol. The average Bonchev–Trinajstić information content (AvgIpc) is 2.33. The molecule has 0 fully saturated rings. The highest BCUT2D eigenvalue weighted by molar-refractivity contribution is 5.74. The van der Waals surface area contributed by atoms with Gasteiger partial charge in [0.2, 0.25) is 0 Å². The minimum atomic E-state index is -3.11. The summed E-state index contributed by atoms with van der Waals surface area (Å²) in [5, 5.41) is 18.6. The quantitative estimate of drug-likeness (QED) is 0.828. The molecule has 1 rings (SSSR count). The molecule has 0 saturated heterocycles. The van der Waals surface area contributed by atoms with Crippen LogP contribution < -0.4 is 4.74 Å². The van der Waals surface area contributed by atoms with Crippen molar-refractivity contribution in [2.24, 2.45) is 0 Å². The first kappa shape index (κ1) is 14.7. The summed E-state index contributed by atoms with van der Waals surface area (Å²) in [6, 6.07) is 3.88. The Hall–Kier alpha value is -2.36. The fourth-order valence-corrected chi connectivity index (χ4v) is 1.43. The number of benzene rings is 1. The van der Waals surface area contributed by atoms with E-state index in [2.05, 4.69) is 9.47 Å². The maximum atomic E-state index is 12.1. The van der Waals surface area contributed by atoms with E-state index in [0.29, 0.717) is 0 Å². The van der Waals surface area contributed by atoms with Gasteiger partial charge < -0.3 is 14.6 Å². The number of esters is 1. The van der Waals surface area contributed by atoms with Crippen LogP contribution in [0.25, 0.3) is 0 Å². The summed E-state index contributed by atoms with van der Waals surface area (Å²) in [7, 11) is 0. The van der Waals surface area contributed by atoms with Crippen molar-refractivity contribution in [3.63, 3.8) is 0 Å². The van der Waals surface area contributed by atoms with Crippen LogP contribution in [-0.4, -0.2) is 24.3 Å². The number of carbonyl (C=O) groups excluding carboxylic acids is 1. The Morgan fingerprint density at radius 2 is 2.21 bits per heavy atom. The van der Waals surface area contributed by atoms with E-state index in [1.807, 2.05) is 0 Å². The van der Waals surface area contributed by atoms with E-state index in [4.69, 9.17) is 5.26 Å². The third-order valence-electron chi connectivity index (χ3n) is 2.19. The molecule has 0 bridgehead atoms. The van der Waals surface area contributed by atoms with Gasteiger partial charge in [0, 0.05) is 5.56 Å². The van der Waals surface area contributed by atoms with Crippen molar-refractivity contribution >= 4 is 5.97 Å². The van der Waals surface area contributed by atoms with Crippen LogP contribution in [0.4, 0.5) is 8.78 Å². The summed E-state index contributed by atoms with van der Waals surface area (Å²) in [6.45, 7) is -1.31. The second kappa shape index (κ2) is 6.54. The largest absolute Gasteiger partial charge is 0.506 e. The summed E-state index contributed by atoms with van der Waals surface area (Å²) in [5.41, 5.74) is -0.335. The highest BCUT2D eigenvalue weighted by Crippen LogP contribution is 2.32. The Labute approximate surface area is 108 Å². The standard InChI is InChI=1S/C12H11F2NO4/c1-2-18-10(16)5-7-3-4-9(19-12(13)14)8(6-15)11(7)17/h3-4,12,17H,2,5H2,1H3. The summed E-state index contributed by atoms with van der Waals surface area (Å²) in [6.07, 6.45) is -0.261. The molecule has 0 amide bonds. The number of ether oxygens (including phenoxy) is 2. The molecule has 1 aromatic rings. The molecular weight excluding hydrogens is 260 g/mol. The van der Waals surface area contributed by atoms with Crippen molar-refractivity contribution in [3.8, 4) is 17.6 Å². The molecular formula is C12H11F2NO4. The van der Waals surface area contributed by atoms with E-state index in [1.54, 1.807) is 13.0 Å². The Morgan fingerprint density at radius 3 is 2.74 bits per heavy atom. The Kier molecular flexibility index (Phi) is 5.06. The molecule has 0 radical (unpaired) electrons. The van der Waals surface area contributed by atoms with E-state index < -0.39 is 29.6 Å². The number of alkyl halides is 2. The molecule has 0 heterocycles. The SMILES string of the molecule is CCOC(=O)Cc1ccc(OC(F)F)c(C#N)c1O. The second-order valence-electron chi connectivity index (χ2n) is 3.42. The molecule has 7 heteroatoms. The number of carbonyl (C=O) groups is 1. The lowest BCUT2D eigenvalue weighted by molar-refractivity contribution is -0.142. The Morgan fingerprint density at radius 1 is 1.53 bits per heavy atom. The van der Waals surface area contributed by atoms with Crippen molar-refractivity contribution in [2.75, 3.05) is 6.61 Å². The van der Waals surface area contributed by atoms with E-state index in [9.17, 15) is 18.7 Å². The van der Waals surface area contributed by atoms with Gasteiger partial charge in [-0.25, -0.2) is 0 Å². The summed E-state index contributed by atoms with van der Waals surface area (Å²) in [4.78, 5) is 11.3. The monoisotopic (exact) mass is 271 g/mol. The van der Waals surface area contributed by atoms with Crippen molar-refractivity contribution < 1.29 is 28.2 Å². The van der Waals surface area contributed by atoms with Gasteiger partial charge in [0.25, 0.3) is 0 Å². The highest BCUT2D eigenvalue weighted by Gasteiger charge is 2.18. The van der Waals surface area contributed by atoms with E-state index >= 15 is 0 Å². The van der Waals surface area contributed by atoms with Crippen molar-refractivity contribution in [1.29, 1.82) is 5.26 Å². The first-order valence-corrected chi connectivity index (χ1v) is 5.35. The zero-order chi connectivity index (χ0) is 14.4. The number of phenols is 1. The fraction of sp³-hybridized carbons (Fsp3) is 0.333. The molecule has 0 aliphatic carbocycles. The van der Waals surface area contributed by atoms with E-state index in [-0.39, 0.29) is 18.6 Å². The van der Waals surface area contributed by atoms with Gasteiger partial charge in [-0.1, -0.05) is 6.07 Å². The number of hydrogen-bond donors (Lipinski definition) is 1. The van der Waals surface area contributed by atoms with Crippen LogP contribution in [-0.2, 0) is 16.0 Å². The Bertz CT molecular complexity index is 511. The minimum Gasteiger partial charge on any atom is -0.506 e. The molecule has 1 aromatic carbocycles. The van der Waals surface area contributed by atoms with Gasteiger partial charge in [-0.05, 0) is 13.0 Å². The normalized spacial score (nSPS) is 10.1. The molecule has 0 spiro atoms. The number of halogens is 2. The molecule has 0 aromatic heterocycles. The van der Waals surface area contributed by atoms with Crippen molar-refractivity contribution in [1.82, 2.24) is 0 Å². The molecule has 0 unspecified atom stereocenters. The molecule has 19 heavy (non-hydrogen) atoms.